The second-order valence-corrected chi connectivity index (χ2v) is 10.3. The molecule has 1 saturated carbocycles. The van der Waals surface area contributed by atoms with Crippen molar-refractivity contribution in [2.24, 2.45) is 0 Å². The van der Waals surface area contributed by atoms with Crippen LogP contribution in [-0.2, 0) is 15.8 Å². The first-order valence-corrected chi connectivity index (χ1v) is 12.4. The van der Waals surface area contributed by atoms with E-state index in [1.54, 1.807) is 30.9 Å². The third-order valence-corrected chi connectivity index (χ3v) is 7.50. The van der Waals surface area contributed by atoms with E-state index in [0.717, 1.165) is 29.1 Å². The number of nitrogens with one attached hydrogen (secondary N) is 2. The first-order chi connectivity index (χ1) is 14.9. The zero-order valence-electron chi connectivity index (χ0n) is 17.0. The molecule has 0 radical (unpaired) electrons. The Labute approximate surface area is 186 Å². The van der Waals surface area contributed by atoms with Crippen molar-refractivity contribution in [1.29, 1.82) is 0 Å². The normalized spacial score (nSPS) is 13.7. The summed E-state index contributed by atoms with van der Waals surface area (Å²) in [6.45, 7) is 1.79. The monoisotopic (exact) mass is 453 g/mol. The summed E-state index contributed by atoms with van der Waals surface area (Å²) in [6, 6.07) is 16.2. The van der Waals surface area contributed by atoms with E-state index in [1.807, 2.05) is 42.6 Å². The molecule has 0 bridgehead atoms. The average molecular weight is 454 g/mol. The molecule has 1 amide bonds. The highest BCUT2D eigenvalue weighted by atomic mass is 32.2. The van der Waals surface area contributed by atoms with E-state index in [1.165, 1.54) is 12.1 Å². The fourth-order valence-corrected chi connectivity index (χ4v) is 5.15. The highest BCUT2D eigenvalue weighted by molar-refractivity contribution is 7.98. The van der Waals surface area contributed by atoms with E-state index in [9.17, 15) is 13.2 Å². The summed E-state index contributed by atoms with van der Waals surface area (Å²) in [5, 5.41) is 2.86. The van der Waals surface area contributed by atoms with Gasteiger partial charge in [0.25, 0.3) is 5.91 Å². The Bertz CT molecular complexity index is 1180. The van der Waals surface area contributed by atoms with Crippen LogP contribution in [0, 0.1) is 6.92 Å². The van der Waals surface area contributed by atoms with Crippen LogP contribution in [-0.4, -0.2) is 25.4 Å². The maximum Gasteiger partial charge on any atom is 0.255 e. The molecular weight excluding hydrogens is 430 g/mol. The van der Waals surface area contributed by atoms with Gasteiger partial charge in [0, 0.05) is 40.3 Å². The number of benzene rings is 2. The van der Waals surface area contributed by atoms with Gasteiger partial charge in [0.2, 0.25) is 10.0 Å². The standard InChI is InChI=1S/C23H23N3O3S2/c1-16-4-11-21(31(28,29)26-19-5-6-19)13-22(16)23(27)25-18-7-9-20(10-8-18)30-15-17-3-2-12-24-14-17/h2-4,7-14,19,26H,5-6,15H2,1H3,(H,25,27). The van der Waals surface area contributed by atoms with Crippen molar-refractivity contribution >= 4 is 33.4 Å². The van der Waals surface area contributed by atoms with E-state index in [0.29, 0.717) is 16.8 Å². The lowest BCUT2D eigenvalue weighted by atomic mass is 10.1. The van der Waals surface area contributed by atoms with Gasteiger partial charge in [0.15, 0.2) is 0 Å². The van der Waals surface area contributed by atoms with Crippen LogP contribution in [0.3, 0.4) is 0 Å². The number of aryl methyl sites for hydroxylation is 1. The highest BCUT2D eigenvalue weighted by Crippen LogP contribution is 2.25. The molecule has 1 heterocycles. The minimum Gasteiger partial charge on any atom is -0.322 e. The minimum absolute atomic E-state index is 0.0121. The van der Waals surface area contributed by atoms with Crippen LogP contribution in [0.2, 0.25) is 0 Å². The van der Waals surface area contributed by atoms with Crippen molar-refractivity contribution in [1.82, 2.24) is 9.71 Å². The van der Waals surface area contributed by atoms with E-state index >= 15 is 0 Å². The molecule has 3 aromatic rings. The Balaban J connectivity index is 1.42. The minimum atomic E-state index is -3.61. The van der Waals surface area contributed by atoms with E-state index < -0.39 is 10.0 Å². The number of hydrogen-bond acceptors (Lipinski definition) is 5. The zero-order valence-corrected chi connectivity index (χ0v) is 18.7. The fourth-order valence-electron chi connectivity index (χ4n) is 2.98. The molecule has 160 valence electrons. The lowest BCUT2D eigenvalue weighted by molar-refractivity contribution is 0.102. The molecule has 1 aromatic heterocycles. The van der Waals surface area contributed by atoms with Crippen LogP contribution in [0.4, 0.5) is 5.69 Å². The van der Waals surface area contributed by atoms with Crippen molar-refractivity contribution < 1.29 is 13.2 Å². The molecule has 1 aliphatic rings. The molecule has 1 aliphatic carbocycles. The van der Waals surface area contributed by atoms with Gasteiger partial charge in [0.05, 0.1) is 4.90 Å². The summed E-state index contributed by atoms with van der Waals surface area (Å²) in [5.41, 5.74) is 2.85. The lowest BCUT2D eigenvalue weighted by Crippen LogP contribution is -2.26. The molecule has 6 nitrogen and oxygen atoms in total. The molecular formula is C23H23N3O3S2. The van der Waals surface area contributed by atoms with Crippen LogP contribution >= 0.6 is 11.8 Å². The van der Waals surface area contributed by atoms with Crippen molar-refractivity contribution in [3.63, 3.8) is 0 Å². The van der Waals surface area contributed by atoms with Gasteiger partial charge in [-0.1, -0.05) is 12.1 Å². The summed E-state index contributed by atoms with van der Waals surface area (Å²) < 4.78 is 27.6. The van der Waals surface area contributed by atoms with Crippen molar-refractivity contribution in [3.8, 4) is 0 Å². The lowest BCUT2D eigenvalue weighted by Gasteiger charge is -2.11. The second-order valence-electron chi connectivity index (χ2n) is 7.50. The number of carbonyl (C=O) groups is 1. The van der Waals surface area contributed by atoms with Gasteiger partial charge in [0.1, 0.15) is 0 Å². The number of anilines is 1. The van der Waals surface area contributed by atoms with Crippen LogP contribution in [0.25, 0.3) is 0 Å². The number of thioether (sulfide) groups is 1. The molecule has 0 atom stereocenters. The number of carbonyl (C=O) groups excluding carboxylic acids is 1. The third-order valence-electron chi connectivity index (χ3n) is 4.90. The third kappa shape index (κ3) is 5.72. The van der Waals surface area contributed by atoms with Crippen molar-refractivity contribution in [2.75, 3.05) is 5.32 Å². The first kappa shape index (κ1) is 21.5. The number of hydrogen-bond donors (Lipinski definition) is 2. The molecule has 8 heteroatoms. The Hall–Kier alpha value is -2.68. The predicted molar refractivity (Wildman–Crippen MR) is 123 cm³/mol. The molecule has 2 N–H and O–H groups in total. The maximum atomic E-state index is 12.8. The Morgan fingerprint density at radius 1 is 1.13 bits per heavy atom. The molecule has 0 aliphatic heterocycles. The molecule has 1 fully saturated rings. The smallest absolute Gasteiger partial charge is 0.255 e. The quantitative estimate of drug-likeness (QED) is 0.494. The number of sulfonamides is 1. The van der Waals surface area contributed by atoms with Gasteiger partial charge < -0.3 is 5.32 Å². The van der Waals surface area contributed by atoms with Crippen LogP contribution < -0.4 is 10.0 Å². The number of aromatic nitrogens is 1. The molecule has 31 heavy (non-hydrogen) atoms. The van der Waals surface area contributed by atoms with Crippen LogP contribution in [0.15, 0.2) is 76.8 Å². The number of nitrogens with zero attached hydrogens (tertiary/aromatic N) is 1. The molecule has 0 spiro atoms. The van der Waals surface area contributed by atoms with Crippen molar-refractivity contribution in [2.45, 2.75) is 41.4 Å². The average Bonchev–Trinajstić information content (AvgIpc) is 3.57. The van der Waals surface area contributed by atoms with E-state index in [2.05, 4.69) is 15.0 Å². The molecule has 0 unspecified atom stereocenters. The Morgan fingerprint density at radius 2 is 1.90 bits per heavy atom. The Morgan fingerprint density at radius 3 is 2.58 bits per heavy atom. The number of amides is 1. The first-order valence-electron chi connectivity index (χ1n) is 9.97. The summed E-state index contributed by atoms with van der Waals surface area (Å²) >= 11 is 1.69. The summed E-state index contributed by atoms with van der Waals surface area (Å²) in [7, 11) is -3.61. The topological polar surface area (TPSA) is 88.2 Å². The zero-order chi connectivity index (χ0) is 21.8. The second kappa shape index (κ2) is 9.21. The largest absolute Gasteiger partial charge is 0.322 e. The molecule has 0 saturated heterocycles. The van der Waals surface area contributed by atoms with Gasteiger partial charge in [-0.05, 0) is 73.4 Å². The van der Waals surface area contributed by atoms with Gasteiger partial charge in [-0.2, -0.15) is 0 Å². The molecule has 2 aromatic carbocycles. The van der Waals surface area contributed by atoms with Gasteiger partial charge in [-0.15, -0.1) is 11.8 Å². The predicted octanol–water partition coefficient (Wildman–Crippen LogP) is 4.38. The van der Waals surface area contributed by atoms with Gasteiger partial charge >= 0.3 is 0 Å². The van der Waals surface area contributed by atoms with E-state index in [-0.39, 0.29) is 16.8 Å². The molecule has 4 rings (SSSR count). The fraction of sp³-hybridized carbons (Fsp3) is 0.217. The Kier molecular flexibility index (Phi) is 6.41. The highest BCUT2D eigenvalue weighted by Gasteiger charge is 2.28. The SMILES string of the molecule is Cc1ccc(S(=O)(=O)NC2CC2)cc1C(=O)Nc1ccc(SCc2cccnc2)cc1. The summed E-state index contributed by atoms with van der Waals surface area (Å²) in [6.07, 6.45) is 5.31. The summed E-state index contributed by atoms with van der Waals surface area (Å²) in [4.78, 5) is 18.1. The van der Waals surface area contributed by atoms with E-state index in [4.69, 9.17) is 0 Å². The van der Waals surface area contributed by atoms with Crippen LogP contribution in [0.5, 0.6) is 0 Å². The maximum absolute atomic E-state index is 12.8. The van der Waals surface area contributed by atoms with Crippen LogP contribution in [0.1, 0.15) is 34.3 Å². The van der Waals surface area contributed by atoms with Gasteiger partial charge in [-0.25, -0.2) is 13.1 Å². The number of pyridine rings is 1. The summed E-state index contributed by atoms with van der Waals surface area (Å²) in [5.74, 6) is 0.478. The number of rotatable bonds is 8. The van der Waals surface area contributed by atoms with Crippen molar-refractivity contribution in [3.05, 3.63) is 83.7 Å². The van der Waals surface area contributed by atoms with Gasteiger partial charge in [-0.3, -0.25) is 9.78 Å².